The summed E-state index contributed by atoms with van der Waals surface area (Å²) in [6.07, 6.45) is -1.00. The van der Waals surface area contributed by atoms with Gasteiger partial charge in [0.15, 0.2) is 0 Å². The zero-order chi connectivity index (χ0) is 15.5. The van der Waals surface area contributed by atoms with Gasteiger partial charge in [-0.1, -0.05) is 13.8 Å². The molecule has 1 aliphatic rings. The lowest BCUT2D eigenvalue weighted by Gasteiger charge is -2.27. The van der Waals surface area contributed by atoms with Crippen LogP contribution < -0.4 is 10.2 Å². The first-order chi connectivity index (χ1) is 9.86. The highest BCUT2D eigenvalue weighted by atomic mass is 19.4. The van der Waals surface area contributed by atoms with Gasteiger partial charge in [-0.3, -0.25) is 0 Å². The molecule has 6 heteroatoms. The second-order valence-corrected chi connectivity index (χ2v) is 5.98. The summed E-state index contributed by atoms with van der Waals surface area (Å²) in [5.74, 6) is 0.591. The Labute approximate surface area is 123 Å². The SMILES string of the molecule is CC(C)CC1CN(c2ccc(C(F)(F)F)nc2)CCCN1. The van der Waals surface area contributed by atoms with Gasteiger partial charge in [0.1, 0.15) is 5.69 Å². The quantitative estimate of drug-likeness (QED) is 0.928. The molecule has 2 heterocycles. The molecule has 1 aromatic rings. The minimum absolute atomic E-state index is 0.370. The van der Waals surface area contributed by atoms with Gasteiger partial charge in [0.05, 0.1) is 11.9 Å². The molecule has 118 valence electrons. The van der Waals surface area contributed by atoms with Gasteiger partial charge in [-0.2, -0.15) is 13.2 Å². The molecular weight excluding hydrogens is 279 g/mol. The lowest BCUT2D eigenvalue weighted by atomic mass is 10.0. The molecule has 1 aliphatic heterocycles. The van der Waals surface area contributed by atoms with Crippen LogP contribution in [0.5, 0.6) is 0 Å². The lowest BCUT2D eigenvalue weighted by molar-refractivity contribution is -0.141. The molecule has 2 rings (SSSR count). The van der Waals surface area contributed by atoms with Crippen LogP contribution >= 0.6 is 0 Å². The molecule has 0 saturated carbocycles. The van der Waals surface area contributed by atoms with E-state index in [1.807, 2.05) is 0 Å². The van der Waals surface area contributed by atoms with E-state index in [0.717, 1.165) is 44.2 Å². The summed E-state index contributed by atoms with van der Waals surface area (Å²) in [6, 6.07) is 2.95. The van der Waals surface area contributed by atoms with Crippen LogP contribution in [0.2, 0.25) is 0 Å². The smallest absolute Gasteiger partial charge is 0.369 e. The Morgan fingerprint density at radius 3 is 2.71 bits per heavy atom. The molecule has 1 unspecified atom stereocenters. The van der Waals surface area contributed by atoms with E-state index >= 15 is 0 Å². The van der Waals surface area contributed by atoms with Crippen molar-refractivity contribution in [1.82, 2.24) is 10.3 Å². The van der Waals surface area contributed by atoms with E-state index in [2.05, 4.69) is 29.0 Å². The van der Waals surface area contributed by atoms with Crippen LogP contribution in [0.25, 0.3) is 0 Å². The zero-order valence-corrected chi connectivity index (χ0v) is 12.5. The number of alkyl halides is 3. The fourth-order valence-electron chi connectivity index (χ4n) is 2.70. The molecule has 1 saturated heterocycles. The highest BCUT2D eigenvalue weighted by molar-refractivity contribution is 5.45. The molecule has 0 aliphatic carbocycles. The van der Waals surface area contributed by atoms with Gasteiger partial charge in [-0.25, -0.2) is 4.98 Å². The molecule has 1 fully saturated rings. The molecule has 0 radical (unpaired) electrons. The van der Waals surface area contributed by atoms with Crippen LogP contribution in [-0.4, -0.2) is 30.7 Å². The maximum Gasteiger partial charge on any atom is 0.433 e. The van der Waals surface area contributed by atoms with Gasteiger partial charge >= 0.3 is 6.18 Å². The van der Waals surface area contributed by atoms with Gasteiger partial charge in [-0.05, 0) is 37.4 Å². The molecule has 0 amide bonds. The molecular formula is C15H22F3N3. The zero-order valence-electron chi connectivity index (χ0n) is 12.5. The van der Waals surface area contributed by atoms with E-state index in [1.165, 1.54) is 12.3 Å². The molecule has 0 spiro atoms. The largest absolute Gasteiger partial charge is 0.433 e. The standard InChI is InChI=1S/C15H22F3N3/c1-11(2)8-12-10-21(7-3-6-19-12)13-4-5-14(20-9-13)15(16,17)18/h4-5,9,11-12,19H,3,6-8,10H2,1-2H3. The minimum Gasteiger partial charge on any atom is -0.369 e. The third-order valence-electron chi connectivity index (χ3n) is 3.64. The summed E-state index contributed by atoms with van der Waals surface area (Å²) in [5.41, 5.74) is -0.0709. The first-order valence-corrected chi connectivity index (χ1v) is 7.38. The Bertz CT molecular complexity index is 442. The number of aromatic nitrogens is 1. The Morgan fingerprint density at radius 1 is 1.38 bits per heavy atom. The second-order valence-electron chi connectivity index (χ2n) is 5.98. The van der Waals surface area contributed by atoms with Gasteiger partial charge in [0, 0.05) is 19.1 Å². The monoisotopic (exact) mass is 301 g/mol. The van der Waals surface area contributed by atoms with Crippen molar-refractivity contribution in [2.45, 2.75) is 38.9 Å². The third-order valence-corrected chi connectivity index (χ3v) is 3.64. The van der Waals surface area contributed by atoms with E-state index in [1.54, 1.807) is 0 Å². The topological polar surface area (TPSA) is 28.2 Å². The fourth-order valence-corrected chi connectivity index (χ4v) is 2.70. The Kier molecular flexibility index (Phi) is 5.08. The van der Waals surface area contributed by atoms with Gasteiger partial charge in [0.25, 0.3) is 0 Å². The first kappa shape index (κ1) is 16.1. The number of halogens is 3. The Morgan fingerprint density at radius 2 is 2.14 bits per heavy atom. The summed E-state index contributed by atoms with van der Waals surface area (Å²) in [6.45, 7) is 6.95. The predicted octanol–water partition coefficient (Wildman–Crippen LogP) is 3.31. The molecule has 0 bridgehead atoms. The number of nitrogens with one attached hydrogen (secondary N) is 1. The molecule has 1 aromatic heterocycles. The fraction of sp³-hybridized carbons (Fsp3) is 0.667. The van der Waals surface area contributed by atoms with Crippen LogP contribution in [0.15, 0.2) is 18.3 Å². The van der Waals surface area contributed by atoms with Gasteiger partial charge in [-0.15, -0.1) is 0 Å². The molecule has 1 atom stereocenters. The Hall–Kier alpha value is -1.30. The van der Waals surface area contributed by atoms with E-state index in [0.29, 0.717) is 12.0 Å². The molecule has 1 N–H and O–H groups in total. The number of pyridine rings is 1. The third kappa shape index (κ3) is 4.59. The number of hydrogen-bond acceptors (Lipinski definition) is 3. The van der Waals surface area contributed by atoms with Crippen molar-refractivity contribution in [3.63, 3.8) is 0 Å². The van der Waals surface area contributed by atoms with Crippen LogP contribution in [0, 0.1) is 5.92 Å². The summed E-state index contributed by atoms with van der Waals surface area (Å²) in [7, 11) is 0. The first-order valence-electron chi connectivity index (χ1n) is 7.38. The summed E-state index contributed by atoms with van der Waals surface area (Å²) < 4.78 is 37.6. The van der Waals surface area contributed by atoms with E-state index in [9.17, 15) is 13.2 Å². The number of hydrogen-bond donors (Lipinski definition) is 1. The summed E-state index contributed by atoms with van der Waals surface area (Å²) in [5, 5.41) is 3.51. The number of rotatable bonds is 3. The van der Waals surface area contributed by atoms with Crippen molar-refractivity contribution >= 4 is 5.69 Å². The highest BCUT2D eigenvalue weighted by Crippen LogP contribution is 2.28. The van der Waals surface area contributed by atoms with Crippen LogP contribution in [0.3, 0.4) is 0 Å². The number of anilines is 1. The van der Waals surface area contributed by atoms with E-state index < -0.39 is 11.9 Å². The van der Waals surface area contributed by atoms with E-state index in [-0.39, 0.29) is 0 Å². The molecule has 0 aromatic carbocycles. The van der Waals surface area contributed by atoms with Crippen molar-refractivity contribution in [1.29, 1.82) is 0 Å². The maximum atomic E-state index is 12.5. The highest BCUT2D eigenvalue weighted by Gasteiger charge is 2.32. The van der Waals surface area contributed by atoms with Crippen LogP contribution in [-0.2, 0) is 6.18 Å². The second kappa shape index (κ2) is 6.64. The van der Waals surface area contributed by atoms with Gasteiger partial charge in [0.2, 0.25) is 0 Å². The van der Waals surface area contributed by atoms with Crippen molar-refractivity contribution in [2.75, 3.05) is 24.5 Å². The average Bonchev–Trinajstić information content (AvgIpc) is 2.63. The van der Waals surface area contributed by atoms with Gasteiger partial charge < -0.3 is 10.2 Å². The lowest BCUT2D eigenvalue weighted by Crippen LogP contribution is -2.38. The molecule has 21 heavy (non-hydrogen) atoms. The maximum absolute atomic E-state index is 12.5. The normalized spacial score (nSPS) is 20.7. The van der Waals surface area contributed by atoms with Crippen LogP contribution in [0.4, 0.5) is 18.9 Å². The minimum atomic E-state index is -4.38. The summed E-state index contributed by atoms with van der Waals surface area (Å²) >= 11 is 0. The molecule has 3 nitrogen and oxygen atoms in total. The van der Waals surface area contributed by atoms with Crippen molar-refractivity contribution in [2.24, 2.45) is 5.92 Å². The van der Waals surface area contributed by atoms with Crippen molar-refractivity contribution in [3.05, 3.63) is 24.0 Å². The van der Waals surface area contributed by atoms with Crippen molar-refractivity contribution in [3.8, 4) is 0 Å². The number of nitrogens with zero attached hydrogens (tertiary/aromatic N) is 2. The van der Waals surface area contributed by atoms with E-state index in [4.69, 9.17) is 0 Å². The predicted molar refractivity (Wildman–Crippen MR) is 77.3 cm³/mol. The Balaban J connectivity index is 2.08. The summed E-state index contributed by atoms with van der Waals surface area (Å²) in [4.78, 5) is 5.68. The van der Waals surface area contributed by atoms with Crippen LogP contribution in [0.1, 0.15) is 32.4 Å². The average molecular weight is 301 g/mol. The van der Waals surface area contributed by atoms with Crippen molar-refractivity contribution < 1.29 is 13.2 Å².